The summed E-state index contributed by atoms with van der Waals surface area (Å²) in [6.07, 6.45) is -2.55. The van der Waals surface area contributed by atoms with Crippen LogP contribution < -0.4 is 0 Å². The van der Waals surface area contributed by atoms with E-state index >= 15 is 0 Å². The first-order chi connectivity index (χ1) is 14.7. The Kier molecular flexibility index (Phi) is 8.13. The second-order valence-corrected chi connectivity index (χ2v) is 18.0. The third-order valence-corrected chi connectivity index (χ3v) is 19.2. The van der Waals surface area contributed by atoms with E-state index in [4.69, 9.17) is 14.2 Å². The minimum Gasteiger partial charge on any atom is -0.390 e. The number of rotatable bonds is 7. The summed E-state index contributed by atoms with van der Waals surface area (Å²) in [5.74, 6) is 0. The van der Waals surface area contributed by atoms with Crippen molar-refractivity contribution in [1.29, 1.82) is 0 Å². The fraction of sp³-hybridized carbons (Fsp3) is 0.727. The lowest BCUT2D eigenvalue weighted by Crippen LogP contribution is -2.61. The monoisotopic (exact) mass is 465 g/mol. The van der Waals surface area contributed by atoms with Gasteiger partial charge in [-0.15, -0.1) is 0 Å². The van der Waals surface area contributed by atoms with Gasteiger partial charge in [0.15, 0.2) is 6.29 Å². The minimum absolute atomic E-state index is 0.320. The number of aliphatic hydroxyl groups excluding tert-OH is 1. The molecule has 9 heteroatoms. The van der Waals surface area contributed by atoms with Gasteiger partial charge in [0.05, 0.1) is 12.7 Å². The Labute approximate surface area is 190 Å². The number of hydrogen-bond donors (Lipinski definition) is 1. The van der Waals surface area contributed by atoms with E-state index in [2.05, 4.69) is 51.6 Å². The molecule has 0 spiro atoms. The summed E-state index contributed by atoms with van der Waals surface area (Å²) in [5, 5.41) is 15.2. The van der Waals surface area contributed by atoms with Crippen molar-refractivity contribution >= 4 is 18.4 Å². The molecule has 0 aromatic heterocycles. The molecular weight excluding hydrogens is 430 g/mol. The Bertz CT molecular complexity index is 754. The van der Waals surface area contributed by atoms with Crippen LogP contribution in [-0.4, -0.2) is 48.7 Å². The van der Waals surface area contributed by atoms with Crippen molar-refractivity contribution in [2.45, 2.75) is 94.2 Å². The summed E-state index contributed by atoms with van der Waals surface area (Å²) in [6.45, 7) is 14.0. The Morgan fingerprint density at radius 3 is 2.23 bits per heavy atom. The number of hydrogen-bond acceptors (Lipinski definition) is 6. The summed E-state index contributed by atoms with van der Waals surface area (Å²) in [5.41, 5.74) is 11.2. The van der Waals surface area contributed by atoms with E-state index in [1.807, 2.05) is 41.5 Å². The summed E-state index contributed by atoms with van der Waals surface area (Å²) >= 11 is 1.82. The highest BCUT2D eigenvalue weighted by atomic mass is 32.4. The van der Waals surface area contributed by atoms with Gasteiger partial charge in [0, 0.05) is 10.5 Å². The van der Waals surface area contributed by atoms with Crippen LogP contribution in [0.2, 0.25) is 16.6 Å². The zero-order chi connectivity index (χ0) is 22.8. The summed E-state index contributed by atoms with van der Waals surface area (Å²) < 4.78 is 18.5. The van der Waals surface area contributed by atoms with Crippen LogP contribution in [0.25, 0.3) is 10.4 Å². The van der Waals surface area contributed by atoms with E-state index < -0.39 is 43.3 Å². The normalized spacial score (nSPS) is 31.5. The fourth-order valence-corrected chi connectivity index (χ4v) is 15.3. The van der Waals surface area contributed by atoms with Crippen molar-refractivity contribution in [3.8, 4) is 0 Å². The van der Waals surface area contributed by atoms with Gasteiger partial charge < -0.3 is 19.3 Å². The van der Waals surface area contributed by atoms with Crippen LogP contribution in [0.3, 0.4) is 0 Å². The van der Waals surface area contributed by atoms with E-state index in [0.717, 1.165) is 5.56 Å². The second kappa shape index (κ2) is 10.3. The predicted octanol–water partition coefficient (Wildman–Crippen LogP) is 5.77. The first kappa shape index (κ1) is 24.6. The molecule has 1 aromatic rings. The molecular formula is C22H35N3O4SSi. The smallest absolute Gasteiger partial charge is 0.184 e. The molecule has 6 atom stereocenters. The minimum atomic E-state index is -1.92. The van der Waals surface area contributed by atoms with E-state index in [-0.39, 0.29) is 0 Å². The molecule has 2 heterocycles. The van der Waals surface area contributed by atoms with E-state index in [1.165, 1.54) is 0 Å². The Hall–Kier alpha value is -1.06. The average molecular weight is 466 g/mol. The summed E-state index contributed by atoms with van der Waals surface area (Å²) in [7, 11) is -1.92. The number of nitrogens with zero attached hydrogens (tertiary/aromatic N) is 3. The molecule has 2 aliphatic heterocycles. The fourth-order valence-electron chi connectivity index (χ4n) is 5.25. The molecule has 3 rings (SSSR count). The number of azide groups is 1. The molecule has 2 saturated heterocycles. The zero-order valence-corrected chi connectivity index (χ0v) is 21.0. The lowest BCUT2D eigenvalue weighted by Gasteiger charge is -2.51. The quantitative estimate of drug-likeness (QED) is 0.238. The Morgan fingerprint density at radius 1 is 1.06 bits per heavy atom. The van der Waals surface area contributed by atoms with Gasteiger partial charge in [0.25, 0.3) is 0 Å². The lowest BCUT2D eigenvalue weighted by molar-refractivity contribution is -0.305. The van der Waals surface area contributed by atoms with Crippen molar-refractivity contribution in [2.75, 3.05) is 6.61 Å². The molecule has 7 nitrogen and oxygen atoms in total. The van der Waals surface area contributed by atoms with Crippen LogP contribution in [0.4, 0.5) is 0 Å². The Morgan fingerprint density at radius 2 is 1.68 bits per heavy atom. The van der Waals surface area contributed by atoms with Gasteiger partial charge in [-0.25, -0.2) is 0 Å². The second-order valence-electron chi connectivity index (χ2n) is 9.34. The molecule has 0 amide bonds. The van der Waals surface area contributed by atoms with Crippen LogP contribution in [0.15, 0.2) is 35.4 Å². The van der Waals surface area contributed by atoms with Crippen molar-refractivity contribution in [2.24, 2.45) is 5.11 Å². The molecule has 2 fully saturated rings. The largest absolute Gasteiger partial charge is 0.390 e. The highest BCUT2D eigenvalue weighted by Gasteiger charge is 2.53. The molecule has 1 N–H and O–H groups in total. The van der Waals surface area contributed by atoms with E-state index in [9.17, 15) is 10.6 Å². The van der Waals surface area contributed by atoms with Gasteiger partial charge in [-0.05, 0) is 22.2 Å². The number of benzene rings is 1. The van der Waals surface area contributed by atoms with Crippen molar-refractivity contribution in [1.82, 2.24) is 0 Å². The van der Waals surface area contributed by atoms with Crippen molar-refractivity contribution in [3.05, 3.63) is 46.3 Å². The molecule has 0 saturated carbocycles. The summed E-state index contributed by atoms with van der Waals surface area (Å²) in [6, 6.07) is 8.92. The van der Waals surface area contributed by atoms with Crippen LogP contribution in [0, 0.1) is 0 Å². The molecule has 31 heavy (non-hydrogen) atoms. The Balaban J connectivity index is 1.86. The molecule has 0 radical (unpaired) electrons. The molecule has 0 bridgehead atoms. The topological polar surface area (TPSA) is 96.7 Å². The first-order valence-electron chi connectivity index (χ1n) is 11.1. The van der Waals surface area contributed by atoms with Gasteiger partial charge in [0.2, 0.25) is 0 Å². The highest BCUT2D eigenvalue weighted by molar-refractivity contribution is 8.29. The lowest BCUT2D eigenvalue weighted by atomic mass is 9.97. The van der Waals surface area contributed by atoms with Gasteiger partial charge in [-0.1, -0.05) is 77.0 Å². The molecule has 2 aliphatic rings. The van der Waals surface area contributed by atoms with Gasteiger partial charge >= 0.3 is 0 Å². The maximum atomic E-state index is 11.2. The van der Waals surface area contributed by atoms with Gasteiger partial charge in [-0.2, -0.15) is 11.2 Å². The zero-order valence-electron chi connectivity index (χ0n) is 19.2. The number of ether oxygens (including phenoxy) is 3. The van der Waals surface area contributed by atoms with Crippen LogP contribution >= 0.6 is 11.2 Å². The third-order valence-electron chi connectivity index (χ3n) is 6.62. The first-order valence-corrected chi connectivity index (χ1v) is 14.9. The van der Waals surface area contributed by atoms with Gasteiger partial charge in [0.1, 0.15) is 30.9 Å². The van der Waals surface area contributed by atoms with E-state index in [0.29, 0.717) is 23.2 Å². The molecule has 0 aliphatic carbocycles. The summed E-state index contributed by atoms with van der Waals surface area (Å²) in [4.78, 5) is 3.04. The maximum absolute atomic E-state index is 11.2. The van der Waals surface area contributed by atoms with Crippen LogP contribution in [0.5, 0.6) is 0 Å². The SMILES string of the molecule is CC(C)[Si](S[C@H]1O[C@@H]2CO[C@@H](c3ccccc3)O[C@H]2[C@H](O)[C@H]1N=[N+]=[N-])(C(C)C)C(C)C. The standard InChI is InChI=1S/C22H35N3O4SSi/c1-13(2)31(14(3)4,15(5)6)30-22-18(24-25-23)19(26)20-17(28-22)12-27-21(29-20)16-10-8-7-9-11-16/h7-11,13-15,17-22,26H,12H2,1-6H3/t17-,18-,19-,20-,21-,22-/m1/s1. The van der Waals surface area contributed by atoms with Gasteiger partial charge in [-0.3, -0.25) is 0 Å². The molecule has 172 valence electrons. The van der Waals surface area contributed by atoms with Crippen LogP contribution in [-0.2, 0) is 14.2 Å². The van der Waals surface area contributed by atoms with Crippen molar-refractivity contribution < 1.29 is 19.3 Å². The maximum Gasteiger partial charge on any atom is 0.184 e. The average Bonchev–Trinajstić information content (AvgIpc) is 2.74. The molecule has 1 aromatic carbocycles. The number of aliphatic hydroxyl groups is 1. The highest BCUT2D eigenvalue weighted by Crippen LogP contribution is 2.53. The van der Waals surface area contributed by atoms with Crippen LogP contribution in [0.1, 0.15) is 53.4 Å². The molecule has 0 unspecified atom stereocenters. The van der Waals surface area contributed by atoms with E-state index in [1.54, 1.807) is 0 Å². The third kappa shape index (κ3) is 4.83. The number of fused-ring (bicyclic) bond motifs is 1. The predicted molar refractivity (Wildman–Crippen MR) is 126 cm³/mol. The van der Waals surface area contributed by atoms with Crippen molar-refractivity contribution in [3.63, 3.8) is 0 Å².